The predicted molar refractivity (Wildman–Crippen MR) is 47.9 cm³/mol. The van der Waals surface area contributed by atoms with Gasteiger partial charge in [-0.3, -0.25) is 0 Å². The van der Waals surface area contributed by atoms with Crippen molar-refractivity contribution in [1.29, 1.82) is 0 Å². The molecule has 0 fully saturated rings. The molecular weight excluding hydrogens is 152 g/mol. The van der Waals surface area contributed by atoms with Gasteiger partial charge in [0.05, 0.1) is 0 Å². The van der Waals surface area contributed by atoms with Crippen LogP contribution in [-0.2, 0) is 9.47 Å². The molecule has 0 bridgehead atoms. The van der Waals surface area contributed by atoms with E-state index in [1.165, 1.54) is 5.56 Å². The highest BCUT2D eigenvalue weighted by molar-refractivity contribution is 5.26. The predicted octanol–water partition coefficient (Wildman–Crippen LogP) is 2.29. The zero-order valence-corrected chi connectivity index (χ0v) is 7.70. The van der Waals surface area contributed by atoms with Gasteiger partial charge < -0.3 is 9.47 Å². The maximum Gasteiger partial charge on any atom is 0.183 e. The first kappa shape index (κ1) is 9.23. The van der Waals surface area contributed by atoms with Crippen molar-refractivity contribution in [2.24, 2.45) is 0 Å². The van der Waals surface area contributed by atoms with Crippen LogP contribution >= 0.6 is 0 Å². The quantitative estimate of drug-likeness (QED) is 0.641. The van der Waals surface area contributed by atoms with Gasteiger partial charge in [-0.2, -0.15) is 0 Å². The van der Waals surface area contributed by atoms with E-state index in [0.29, 0.717) is 0 Å². The van der Waals surface area contributed by atoms with E-state index in [-0.39, 0.29) is 6.29 Å². The van der Waals surface area contributed by atoms with Crippen LogP contribution in [0, 0.1) is 6.92 Å². The van der Waals surface area contributed by atoms with E-state index in [1.54, 1.807) is 14.2 Å². The molecule has 0 aromatic heterocycles. The first-order valence-corrected chi connectivity index (χ1v) is 3.90. The highest BCUT2D eigenvalue weighted by atomic mass is 16.7. The van der Waals surface area contributed by atoms with Crippen LogP contribution in [0.25, 0.3) is 0 Å². The minimum atomic E-state index is -0.244. The molecule has 1 aromatic carbocycles. The van der Waals surface area contributed by atoms with Crippen molar-refractivity contribution in [3.63, 3.8) is 0 Å². The summed E-state index contributed by atoms with van der Waals surface area (Å²) in [5, 5.41) is 0. The van der Waals surface area contributed by atoms with Crippen LogP contribution in [0.4, 0.5) is 0 Å². The van der Waals surface area contributed by atoms with Crippen molar-refractivity contribution >= 4 is 0 Å². The third-order valence-electron chi connectivity index (χ3n) is 1.87. The summed E-state index contributed by atoms with van der Waals surface area (Å²) in [7, 11) is 3.28. The lowest BCUT2D eigenvalue weighted by atomic mass is 10.1. The second-order valence-corrected chi connectivity index (χ2v) is 2.66. The molecule has 66 valence electrons. The van der Waals surface area contributed by atoms with Gasteiger partial charge in [0.25, 0.3) is 0 Å². The molecular formula is C10H14O2. The lowest BCUT2D eigenvalue weighted by Gasteiger charge is -2.15. The SMILES string of the molecule is COC(OC)c1ccccc1C. The fraction of sp³-hybridized carbons (Fsp3) is 0.400. The lowest BCUT2D eigenvalue weighted by molar-refractivity contribution is -0.106. The molecule has 2 heteroatoms. The highest BCUT2D eigenvalue weighted by Crippen LogP contribution is 2.20. The minimum absolute atomic E-state index is 0.244. The largest absolute Gasteiger partial charge is 0.352 e. The van der Waals surface area contributed by atoms with E-state index in [2.05, 4.69) is 0 Å². The average molecular weight is 166 g/mol. The zero-order valence-electron chi connectivity index (χ0n) is 7.70. The van der Waals surface area contributed by atoms with Crippen LogP contribution in [-0.4, -0.2) is 14.2 Å². The summed E-state index contributed by atoms with van der Waals surface area (Å²) in [6.07, 6.45) is -0.244. The van der Waals surface area contributed by atoms with Crippen LogP contribution < -0.4 is 0 Å². The smallest absolute Gasteiger partial charge is 0.183 e. The van der Waals surface area contributed by atoms with E-state index >= 15 is 0 Å². The first-order chi connectivity index (χ1) is 5.79. The summed E-state index contributed by atoms with van der Waals surface area (Å²) >= 11 is 0. The summed E-state index contributed by atoms with van der Waals surface area (Å²) in [4.78, 5) is 0. The topological polar surface area (TPSA) is 18.5 Å². The maximum atomic E-state index is 5.14. The first-order valence-electron chi connectivity index (χ1n) is 3.90. The molecule has 2 nitrogen and oxygen atoms in total. The van der Waals surface area contributed by atoms with Crippen molar-refractivity contribution in [3.8, 4) is 0 Å². The molecule has 0 saturated heterocycles. The second kappa shape index (κ2) is 4.24. The molecule has 0 N–H and O–H groups in total. The molecule has 0 amide bonds. The van der Waals surface area contributed by atoms with Crippen molar-refractivity contribution in [3.05, 3.63) is 35.4 Å². The van der Waals surface area contributed by atoms with Crippen molar-refractivity contribution < 1.29 is 9.47 Å². The van der Waals surface area contributed by atoms with Gasteiger partial charge in [-0.15, -0.1) is 0 Å². The third-order valence-corrected chi connectivity index (χ3v) is 1.87. The number of methoxy groups -OCH3 is 2. The Hall–Kier alpha value is -0.860. The number of hydrogen-bond acceptors (Lipinski definition) is 2. The Morgan fingerprint density at radius 2 is 1.67 bits per heavy atom. The van der Waals surface area contributed by atoms with E-state index < -0.39 is 0 Å². The van der Waals surface area contributed by atoms with Gasteiger partial charge in [0.15, 0.2) is 6.29 Å². The fourth-order valence-electron chi connectivity index (χ4n) is 1.20. The minimum Gasteiger partial charge on any atom is -0.352 e. The molecule has 0 aliphatic heterocycles. The van der Waals surface area contributed by atoms with Gasteiger partial charge in [-0.05, 0) is 12.5 Å². The molecule has 0 aliphatic carbocycles. The molecule has 0 spiro atoms. The standard InChI is InChI=1S/C10H14O2/c1-8-6-4-5-7-9(8)10(11-2)12-3/h4-7,10H,1-3H3. The van der Waals surface area contributed by atoms with E-state index in [0.717, 1.165) is 5.56 Å². The van der Waals surface area contributed by atoms with Gasteiger partial charge in [-0.25, -0.2) is 0 Å². The average Bonchev–Trinajstić information content (AvgIpc) is 2.10. The van der Waals surface area contributed by atoms with E-state index in [4.69, 9.17) is 9.47 Å². The molecule has 1 rings (SSSR count). The molecule has 12 heavy (non-hydrogen) atoms. The Balaban J connectivity index is 2.92. The number of benzene rings is 1. The Bertz CT molecular complexity index is 241. The lowest BCUT2D eigenvalue weighted by Crippen LogP contribution is -2.04. The van der Waals surface area contributed by atoms with Crippen LogP contribution in [0.15, 0.2) is 24.3 Å². The second-order valence-electron chi connectivity index (χ2n) is 2.66. The van der Waals surface area contributed by atoms with Crippen LogP contribution in [0.3, 0.4) is 0 Å². The summed E-state index contributed by atoms with van der Waals surface area (Å²) < 4.78 is 10.3. The molecule has 0 saturated carbocycles. The molecule has 0 unspecified atom stereocenters. The summed E-state index contributed by atoms with van der Waals surface area (Å²) in [5.41, 5.74) is 2.27. The molecule has 0 atom stereocenters. The Labute approximate surface area is 73.1 Å². The van der Waals surface area contributed by atoms with Gasteiger partial charge >= 0.3 is 0 Å². The van der Waals surface area contributed by atoms with Gasteiger partial charge in [0, 0.05) is 19.8 Å². The van der Waals surface area contributed by atoms with Crippen molar-refractivity contribution in [2.45, 2.75) is 13.2 Å². The Morgan fingerprint density at radius 1 is 1.08 bits per heavy atom. The van der Waals surface area contributed by atoms with E-state index in [1.807, 2.05) is 31.2 Å². The number of rotatable bonds is 3. The Morgan fingerprint density at radius 3 is 2.17 bits per heavy atom. The third kappa shape index (κ3) is 1.84. The van der Waals surface area contributed by atoms with Crippen molar-refractivity contribution in [1.82, 2.24) is 0 Å². The fourth-order valence-corrected chi connectivity index (χ4v) is 1.20. The summed E-state index contributed by atoms with van der Waals surface area (Å²) in [6.45, 7) is 2.04. The Kier molecular flexibility index (Phi) is 3.26. The molecule has 0 radical (unpaired) electrons. The monoisotopic (exact) mass is 166 g/mol. The summed E-state index contributed by atoms with van der Waals surface area (Å²) in [5.74, 6) is 0. The number of hydrogen-bond donors (Lipinski definition) is 0. The zero-order chi connectivity index (χ0) is 8.97. The summed E-state index contributed by atoms with van der Waals surface area (Å²) in [6, 6.07) is 8.03. The maximum absolute atomic E-state index is 5.14. The van der Waals surface area contributed by atoms with E-state index in [9.17, 15) is 0 Å². The van der Waals surface area contributed by atoms with Gasteiger partial charge in [0.2, 0.25) is 0 Å². The van der Waals surface area contributed by atoms with Crippen molar-refractivity contribution in [2.75, 3.05) is 14.2 Å². The molecule has 0 aliphatic rings. The van der Waals surface area contributed by atoms with Gasteiger partial charge in [-0.1, -0.05) is 24.3 Å². The molecule has 1 aromatic rings. The number of aryl methyl sites for hydroxylation is 1. The van der Waals surface area contributed by atoms with Crippen LogP contribution in [0.2, 0.25) is 0 Å². The number of ether oxygens (including phenoxy) is 2. The highest BCUT2D eigenvalue weighted by Gasteiger charge is 2.09. The normalized spacial score (nSPS) is 10.7. The van der Waals surface area contributed by atoms with Gasteiger partial charge in [0.1, 0.15) is 0 Å². The molecule has 0 heterocycles. The van der Waals surface area contributed by atoms with Crippen LogP contribution in [0.5, 0.6) is 0 Å². The van der Waals surface area contributed by atoms with Crippen LogP contribution in [0.1, 0.15) is 17.4 Å².